The normalized spacial score (nSPS) is 15.6. The molecule has 0 N–H and O–H groups in total. The molecule has 0 bridgehead atoms. The summed E-state index contributed by atoms with van der Waals surface area (Å²) in [4.78, 5) is 21.5. The number of imidazole rings is 1. The first-order chi connectivity index (χ1) is 12.2. The van der Waals surface area contributed by atoms with Gasteiger partial charge in [-0.05, 0) is 23.8 Å². The van der Waals surface area contributed by atoms with Crippen molar-refractivity contribution in [1.82, 2.24) is 19.4 Å². The van der Waals surface area contributed by atoms with Gasteiger partial charge < -0.3 is 9.47 Å². The summed E-state index contributed by atoms with van der Waals surface area (Å²) in [7, 11) is 1.96. The lowest BCUT2D eigenvalue weighted by atomic mass is 10.1. The number of aromatic nitrogens is 2. The molecule has 4 rings (SSSR count). The van der Waals surface area contributed by atoms with Crippen molar-refractivity contribution in [3.8, 4) is 0 Å². The number of aryl methyl sites for hydroxylation is 1. The molecule has 0 unspecified atom stereocenters. The molecule has 1 aliphatic heterocycles. The standard InChI is InChI=1S/C20H22N4O/c1-22-15-21-18-13-17(7-8-19(18)22)20(25)24-11-9-23(10-12-24)14-16-5-3-2-4-6-16/h2-8,13,15H,9-12,14H2,1H3. The minimum Gasteiger partial charge on any atom is -0.336 e. The van der Waals surface area contributed by atoms with Crippen molar-refractivity contribution in [1.29, 1.82) is 0 Å². The summed E-state index contributed by atoms with van der Waals surface area (Å²) in [6.45, 7) is 4.31. The Morgan fingerprint density at radius 1 is 1.04 bits per heavy atom. The van der Waals surface area contributed by atoms with Crippen LogP contribution in [0.5, 0.6) is 0 Å². The second kappa shape index (κ2) is 6.69. The van der Waals surface area contributed by atoms with Crippen LogP contribution in [0.15, 0.2) is 54.9 Å². The molecule has 0 radical (unpaired) electrons. The molecule has 128 valence electrons. The van der Waals surface area contributed by atoms with E-state index in [0.29, 0.717) is 0 Å². The summed E-state index contributed by atoms with van der Waals surface area (Å²) in [6, 6.07) is 16.3. The third-order valence-corrected chi connectivity index (χ3v) is 4.88. The summed E-state index contributed by atoms with van der Waals surface area (Å²) in [5.74, 6) is 0.104. The minimum absolute atomic E-state index is 0.104. The molecule has 1 aliphatic rings. The molecule has 25 heavy (non-hydrogen) atoms. The zero-order valence-corrected chi connectivity index (χ0v) is 14.4. The predicted octanol–water partition coefficient (Wildman–Crippen LogP) is 2.53. The number of carbonyl (C=O) groups is 1. The Morgan fingerprint density at radius 2 is 1.80 bits per heavy atom. The first-order valence-corrected chi connectivity index (χ1v) is 8.67. The number of carbonyl (C=O) groups excluding carboxylic acids is 1. The highest BCUT2D eigenvalue weighted by Crippen LogP contribution is 2.17. The average Bonchev–Trinajstić information content (AvgIpc) is 3.03. The maximum atomic E-state index is 12.8. The topological polar surface area (TPSA) is 41.4 Å². The Labute approximate surface area is 147 Å². The second-order valence-electron chi connectivity index (χ2n) is 6.61. The Bertz CT molecular complexity index is 879. The van der Waals surface area contributed by atoms with Crippen LogP contribution in [0.3, 0.4) is 0 Å². The fourth-order valence-corrected chi connectivity index (χ4v) is 3.40. The van der Waals surface area contributed by atoms with E-state index in [1.165, 1.54) is 5.56 Å². The molecule has 0 saturated carbocycles. The van der Waals surface area contributed by atoms with Crippen molar-refractivity contribution in [2.75, 3.05) is 26.2 Å². The number of amides is 1. The van der Waals surface area contributed by atoms with Crippen LogP contribution in [0, 0.1) is 0 Å². The number of benzene rings is 2. The van der Waals surface area contributed by atoms with Crippen LogP contribution in [0.4, 0.5) is 0 Å². The van der Waals surface area contributed by atoms with Crippen molar-refractivity contribution in [2.45, 2.75) is 6.54 Å². The first kappa shape index (κ1) is 15.8. The van der Waals surface area contributed by atoms with E-state index >= 15 is 0 Å². The van der Waals surface area contributed by atoms with E-state index in [-0.39, 0.29) is 5.91 Å². The van der Waals surface area contributed by atoms with Crippen molar-refractivity contribution in [3.05, 3.63) is 66.0 Å². The van der Waals surface area contributed by atoms with Gasteiger partial charge in [0.2, 0.25) is 0 Å². The quantitative estimate of drug-likeness (QED) is 0.739. The number of rotatable bonds is 3. The van der Waals surface area contributed by atoms with Gasteiger partial charge in [0.05, 0.1) is 17.4 Å². The number of hydrogen-bond donors (Lipinski definition) is 0. The molecule has 1 saturated heterocycles. The maximum absolute atomic E-state index is 12.8. The lowest BCUT2D eigenvalue weighted by molar-refractivity contribution is 0.0628. The lowest BCUT2D eigenvalue weighted by Gasteiger charge is -2.34. The van der Waals surface area contributed by atoms with E-state index in [9.17, 15) is 4.79 Å². The van der Waals surface area contributed by atoms with Crippen LogP contribution in [0.1, 0.15) is 15.9 Å². The molecule has 0 atom stereocenters. The monoisotopic (exact) mass is 334 g/mol. The summed E-state index contributed by atoms with van der Waals surface area (Å²) in [5.41, 5.74) is 3.96. The van der Waals surface area contributed by atoms with Gasteiger partial charge in [-0.2, -0.15) is 0 Å². The van der Waals surface area contributed by atoms with E-state index in [4.69, 9.17) is 0 Å². The largest absolute Gasteiger partial charge is 0.336 e. The molecule has 1 fully saturated rings. The van der Waals surface area contributed by atoms with Gasteiger partial charge >= 0.3 is 0 Å². The molecule has 0 aliphatic carbocycles. The molecule has 5 nitrogen and oxygen atoms in total. The first-order valence-electron chi connectivity index (χ1n) is 8.67. The molecule has 1 aromatic heterocycles. The van der Waals surface area contributed by atoms with Crippen LogP contribution in [0.25, 0.3) is 11.0 Å². The fourth-order valence-electron chi connectivity index (χ4n) is 3.40. The molecule has 2 heterocycles. The lowest BCUT2D eigenvalue weighted by Crippen LogP contribution is -2.48. The highest BCUT2D eigenvalue weighted by atomic mass is 16.2. The maximum Gasteiger partial charge on any atom is 0.254 e. The zero-order chi connectivity index (χ0) is 17.2. The van der Waals surface area contributed by atoms with Crippen molar-refractivity contribution in [3.63, 3.8) is 0 Å². The molecule has 3 aromatic rings. The van der Waals surface area contributed by atoms with Gasteiger partial charge in [0, 0.05) is 45.3 Å². The minimum atomic E-state index is 0.104. The Morgan fingerprint density at radius 3 is 2.56 bits per heavy atom. The van der Waals surface area contributed by atoms with E-state index in [1.54, 1.807) is 6.33 Å². The Balaban J connectivity index is 1.40. The van der Waals surface area contributed by atoms with E-state index in [0.717, 1.165) is 49.3 Å². The number of hydrogen-bond acceptors (Lipinski definition) is 3. The highest BCUT2D eigenvalue weighted by molar-refractivity contribution is 5.97. The van der Waals surface area contributed by atoms with Crippen LogP contribution < -0.4 is 0 Å². The molecule has 0 spiro atoms. The van der Waals surface area contributed by atoms with E-state index < -0.39 is 0 Å². The number of fused-ring (bicyclic) bond motifs is 1. The predicted molar refractivity (Wildman–Crippen MR) is 98.3 cm³/mol. The molecular formula is C20H22N4O. The van der Waals surface area contributed by atoms with E-state index in [2.05, 4.69) is 34.1 Å². The van der Waals surface area contributed by atoms with Crippen molar-refractivity contribution in [2.24, 2.45) is 7.05 Å². The smallest absolute Gasteiger partial charge is 0.254 e. The Kier molecular flexibility index (Phi) is 4.24. The van der Waals surface area contributed by atoms with Gasteiger partial charge in [0.1, 0.15) is 0 Å². The van der Waals surface area contributed by atoms with Gasteiger partial charge in [-0.3, -0.25) is 9.69 Å². The summed E-state index contributed by atoms with van der Waals surface area (Å²) in [5, 5.41) is 0. The van der Waals surface area contributed by atoms with Gasteiger partial charge in [0.15, 0.2) is 0 Å². The van der Waals surface area contributed by atoms with Crippen molar-refractivity contribution >= 4 is 16.9 Å². The highest BCUT2D eigenvalue weighted by Gasteiger charge is 2.22. The molecular weight excluding hydrogens is 312 g/mol. The van der Waals surface area contributed by atoms with Gasteiger partial charge in [-0.1, -0.05) is 30.3 Å². The second-order valence-corrected chi connectivity index (χ2v) is 6.61. The van der Waals surface area contributed by atoms with Crippen LogP contribution in [-0.2, 0) is 13.6 Å². The van der Waals surface area contributed by atoms with Gasteiger partial charge in [0.25, 0.3) is 5.91 Å². The number of nitrogens with zero attached hydrogens (tertiary/aromatic N) is 4. The Hall–Kier alpha value is -2.66. The van der Waals surface area contributed by atoms with E-state index in [1.807, 2.05) is 40.8 Å². The van der Waals surface area contributed by atoms with Crippen LogP contribution in [-0.4, -0.2) is 51.4 Å². The molecule has 1 amide bonds. The van der Waals surface area contributed by atoms with Crippen LogP contribution in [0.2, 0.25) is 0 Å². The third kappa shape index (κ3) is 3.28. The summed E-state index contributed by atoms with van der Waals surface area (Å²) < 4.78 is 1.96. The van der Waals surface area contributed by atoms with Crippen molar-refractivity contribution < 1.29 is 4.79 Å². The van der Waals surface area contributed by atoms with Gasteiger partial charge in [-0.15, -0.1) is 0 Å². The fraction of sp³-hybridized carbons (Fsp3) is 0.300. The number of piperazine rings is 1. The molecule has 5 heteroatoms. The zero-order valence-electron chi connectivity index (χ0n) is 14.4. The third-order valence-electron chi connectivity index (χ3n) is 4.88. The van der Waals surface area contributed by atoms with Gasteiger partial charge in [-0.25, -0.2) is 4.98 Å². The molecule has 2 aromatic carbocycles. The summed E-state index contributed by atoms with van der Waals surface area (Å²) >= 11 is 0. The van der Waals surface area contributed by atoms with Crippen LogP contribution >= 0.6 is 0 Å². The SMILES string of the molecule is Cn1cnc2cc(C(=O)N3CCN(Cc4ccccc4)CC3)ccc21. The average molecular weight is 334 g/mol. The summed E-state index contributed by atoms with van der Waals surface area (Å²) in [6.07, 6.45) is 1.78.